The van der Waals surface area contributed by atoms with Crippen molar-refractivity contribution >= 4 is 22.5 Å². The smallest absolute Gasteiger partial charge is 0.282 e. The third kappa shape index (κ3) is 3.77. The predicted molar refractivity (Wildman–Crippen MR) is 100 cm³/mol. The number of halogens is 1. The number of nitrogens with one attached hydrogen (secondary N) is 2. The summed E-state index contributed by atoms with van der Waals surface area (Å²) in [6.45, 7) is 5.72. The second-order valence-electron chi connectivity index (χ2n) is 6.88. The zero-order chi connectivity index (χ0) is 17.9. The molecule has 4 rings (SSSR count). The van der Waals surface area contributed by atoms with Gasteiger partial charge in [-0.3, -0.25) is 4.79 Å². The van der Waals surface area contributed by atoms with Crippen LogP contribution in [0.4, 0.5) is 0 Å². The van der Waals surface area contributed by atoms with Gasteiger partial charge < -0.3 is 9.80 Å². The molecule has 2 aromatic carbocycles. The molecule has 7 heteroatoms. The molecule has 1 aliphatic rings. The van der Waals surface area contributed by atoms with Gasteiger partial charge in [0.1, 0.15) is 38.2 Å². The molecule has 2 heterocycles. The van der Waals surface area contributed by atoms with Crippen LogP contribution in [0.2, 0.25) is 5.02 Å². The van der Waals surface area contributed by atoms with Gasteiger partial charge in [-0.15, -0.1) is 5.10 Å². The Bertz CT molecular complexity index is 965. The van der Waals surface area contributed by atoms with Crippen LogP contribution >= 0.6 is 11.6 Å². The van der Waals surface area contributed by atoms with Gasteiger partial charge >= 0.3 is 0 Å². The largest absolute Gasteiger partial charge is 0.322 e. The second kappa shape index (κ2) is 7.53. The van der Waals surface area contributed by atoms with Crippen molar-refractivity contribution in [2.45, 2.75) is 13.2 Å². The Labute approximate surface area is 156 Å². The summed E-state index contributed by atoms with van der Waals surface area (Å²) in [5.74, 6) is 0. The first kappa shape index (κ1) is 17.1. The molecular weight excluding hydrogens is 350 g/mol. The fraction of sp³-hybridized carbons (Fsp3) is 0.316. The van der Waals surface area contributed by atoms with Crippen LogP contribution in [0.1, 0.15) is 5.56 Å². The number of hydrogen-bond donors (Lipinski definition) is 2. The van der Waals surface area contributed by atoms with E-state index in [2.05, 4.69) is 16.4 Å². The normalized spacial score (nSPS) is 20.3. The molecular formula is C19H22ClN5O+2. The van der Waals surface area contributed by atoms with E-state index in [4.69, 9.17) is 11.6 Å². The standard InChI is InChI=1S/C19H20ClN5O/c20-16-5-3-4-15(12-16)13-23-8-10-24(11-9-23)14-25-19(26)17-6-1-2-7-18(17)21-22-25/h1-7,12H,8-11,13-14H2/p+2. The first-order valence-corrected chi connectivity index (χ1v) is 9.31. The van der Waals surface area contributed by atoms with E-state index in [9.17, 15) is 4.79 Å². The van der Waals surface area contributed by atoms with Gasteiger partial charge in [-0.25, -0.2) is 0 Å². The van der Waals surface area contributed by atoms with Crippen molar-refractivity contribution in [1.82, 2.24) is 15.0 Å². The van der Waals surface area contributed by atoms with Crippen LogP contribution in [0.25, 0.3) is 10.9 Å². The Balaban J connectivity index is 1.38. The molecule has 26 heavy (non-hydrogen) atoms. The summed E-state index contributed by atoms with van der Waals surface area (Å²) in [6, 6.07) is 15.4. The molecule has 0 spiro atoms. The van der Waals surface area contributed by atoms with Gasteiger partial charge in [0.05, 0.1) is 5.39 Å². The third-order valence-electron chi connectivity index (χ3n) is 5.01. The summed E-state index contributed by atoms with van der Waals surface area (Å²) in [5.41, 5.74) is 1.86. The van der Waals surface area contributed by atoms with Crippen molar-refractivity contribution in [1.29, 1.82) is 0 Å². The third-order valence-corrected chi connectivity index (χ3v) is 5.25. The molecule has 0 bridgehead atoms. The molecule has 0 aliphatic carbocycles. The number of quaternary nitrogens is 2. The lowest BCUT2D eigenvalue weighted by Crippen LogP contribution is -3.27. The minimum atomic E-state index is -0.0585. The highest BCUT2D eigenvalue weighted by Gasteiger charge is 2.24. The fourth-order valence-corrected chi connectivity index (χ4v) is 3.78. The maximum absolute atomic E-state index is 12.6. The number of fused-ring (bicyclic) bond motifs is 1. The predicted octanol–water partition coefficient (Wildman–Crippen LogP) is -0.614. The number of benzene rings is 2. The Morgan fingerprint density at radius 2 is 1.77 bits per heavy atom. The molecule has 2 N–H and O–H groups in total. The van der Waals surface area contributed by atoms with Crippen molar-refractivity contribution in [2.24, 2.45) is 0 Å². The average molecular weight is 372 g/mol. The maximum atomic E-state index is 12.6. The highest BCUT2D eigenvalue weighted by molar-refractivity contribution is 6.30. The van der Waals surface area contributed by atoms with Gasteiger partial charge in [-0.2, -0.15) is 4.68 Å². The SMILES string of the molecule is O=c1c2ccccc2nnn1C[NH+]1CC[NH+](Cc2cccc(Cl)c2)CC1. The lowest BCUT2D eigenvalue weighted by molar-refractivity contribution is -1.03. The average Bonchev–Trinajstić information content (AvgIpc) is 2.66. The molecule has 6 nitrogen and oxygen atoms in total. The number of nitrogens with zero attached hydrogens (tertiary/aromatic N) is 3. The van der Waals surface area contributed by atoms with E-state index in [1.54, 1.807) is 4.90 Å². The highest BCUT2D eigenvalue weighted by atomic mass is 35.5. The summed E-state index contributed by atoms with van der Waals surface area (Å²) < 4.78 is 1.50. The summed E-state index contributed by atoms with van der Waals surface area (Å²) in [5, 5.41) is 9.70. The van der Waals surface area contributed by atoms with Crippen LogP contribution in [0.15, 0.2) is 53.3 Å². The molecule has 134 valence electrons. The van der Waals surface area contributed by atoms with Crippen molar-refractivity contribution in [3.05, 3.63) is 69.5 Å². The molecule has 3 aromatic rings. The van der Waals surface area contributed by atoms with Crippen molar-refractivity contribution in [3.63, 3.8) is 0 Å². The van der Waals surface area contributed by atoms with Crippen LogP contribution in [-0.4, -0.2) is 41.2 Å². The van der Waals surface area contributed by atoms with Gasteiger partial charge in [0.25, 0.3) is 5.56 Å². The van der Waals surface area contributed by atoms with E-state index < -0.39 is 0 Å². The number of aromatic nitrogens is 3. The van der Waals surface area contributed by atoms with E-state index in [1.165, 1.54) is 15.1 Å². The van der Waals surface area contributed by atoms with Gasteiger partial charge in [-0.05, 0) is 24.3 Å². The molecule has 0 saturated carbocycles. The summed E-state index contributed by atoms with van der Waals surface area (Å²) >= 11 is 6.07. The number of rotatable bonds is 4. The first-order chi connectivity index (χ1) is 12.7. The van der Waals surface area contributed by atoms with Crippen molar-refractivity contribution in [3.8, 4) is 0 Å². The van der Waals surface area contributed by atoms with Gasteiger partial charge in [0.15, 0.2) is 6.67 Å². The zero-order valence-electron chi connectivity index (χ0n) is 14.5. The number of hydrogen-bond acceptors (Lipinski definition) is 3. The molecule has 0 unspecified atom stereocenters. The molecule has 0 amide bonds. The van der Waals surface area contributed by atoms with Gasteiger partial charge in [0.2, 0.25) is 0 Å². The topological polar surface area (TPSA) is 56.7 Å². The fourth-order valence-electron chi connectivity index (χ4n) is 3.57. The van der Waals surface area contributed by atoms with E-state index in [-0.39, 0.29) is 5.56 Å². The van der Waals surface area contributed by atoms with Gasteiger partial charge in [0, 0.05) is 10.6 Å². The highest BCUT2D eigenvalue weighted by Crippen LogP contribution is 2.09. The minimum Gasteiger partial charge on any atom is -0.322 e. The molecule has 1 fully saturated rings. The lowest BCUT2D eigenvalue weighted by atomic mass is 10.2. The Morgan fingerprint density at radius 1 is 1.00 bits per heavy atom. The van der Waals surface area contributed by atoms with Crippen LogP contribution in [0, 0.1) is 0 Å². The quantitative estimate of drug-likeness (QED) is 0.643. The molecule has 0 radical (unpaired) electrons. The van der Waals surface area contributed by atoms with E-state index in [1.807, 2.05) is 42.5 Å². The summed E-state index contributed by atoms with van der Waals surface area (Å²) in [6.07, 6.45) is 0. The maximum Gasteiger partial charge on any atom is 0.282 e. The molecule has 1 aromatic heterocycles. The number of piperazine rings is 1. The molecule has 1 aliphatic heterocycles. The Hall–Kier alpha value is -2.28. The van der Waals surface area contributed by atoms with Crippen LogP contribution in [0.3, 0.4) is 0 Å². The second-order valence-corrected chi connectivity index (χ2v) is 7.31. The Kier molecular flexibility index (Phi) is 4.97. The molecule has 0 atom stereocenters. The summed E-state index contributed by atoms with van der Waals surface area (Å²) in [4.78, 5) is 15.5. The van der Waals surface area contributed by atoms with Crippen molar-refractivity contribution in [2.75, 3.05) is 26.2 Å². The minimum absolute atomic E-state index is 0.0585. The van der Waals surface area contributed by atoms with E-state index in [0.29, 0.717) is 17.6 Å². The molecule has 1 saturated heterocycles. The van der Waals surface area contributed by atoms with Crippen LogP contribution in [0.5, 0.6) is 0 Å². The van der Waals surface area contributed by atoms with E-state index in [0.717, 1.165) is 37.7 Å². The monoisotopic (exact) mass is 371 g/mol. The lowest BCUT2D eigenvalue weighted by Gasteiger charge is -2.29. The summed E-state index contributed by atoms with van der Waals surface area (Å²) in [7, 11) is 0. The van der Waals surface area contributed by atoms with Crippen LogP contribution in [-0.2, 0) is 13.2 Å². The van der Waals surface area contributed by atoms with Crippen molar-refractivity contribution < 1.29 is 9.80 Å². The van der Waals surface area contributed by atoms with E-state index >= 15 is 0 Å². The van der Waals surface area contributed by atoms with Crippen LogP contribution < -0.4 is 15.4 Å². The van der Waals surface area contributed by atoms with Gasteiger partial charge in [-0.1, -0.05) is 41.1 Å². The Morgan fingerprint density at radius 3 is 2.58 bits per heavy atom. The zero-order valence-corrected chi connectivity index (χ0v) is 15.2. The first-order valence-electron chi connectivity index (χ1n) is 8.93.